The number of methoxy groups -OCH3 is 1. The maximum atomic E-state index is 5.47. The Morgan fingerprint density at radius 3 is 2.62 bits per heavy atom. The van der Waals surface area contributed by atoms with Crippen LogP contribution in [0.2, 0.25) is 0 Å². The molecule has 0 aliphatic rings. The van der Waals surface area contributed by atoms with Gasteiger partial charge in [-0.05, 0) is 32.7 Å². The van der Waals surface area contributed by atoms with Gasteiger partial charge >= 0.3 is 0 Å². The smallest absolute Gasteiger partial charge is 0.0700 e. The molecule has 1 N–H and O–H groups in total. The lowest BCUT2D eigenvalue weighted by Crippen LogP contribution is -2.31. The van der Waals surface area contributed by atoms with Crippen molar-refractivity contribution in [2.45, 2.75) is 39.2 Å². The van der Waals surface area contributed by atoms with Crippen molar-refractivity contribution in [1.82, 2.24) is 5.32 Å². The summed E-state index contributed by atoms with van der Waals surface area (Å²) in [5.74, 6) is 0. The van der Waals surface area contributed by atoms with E-state index in [4.69, 9.17) is 9.47 Å². The van der Waals surface area contributed by atoms with E-state index in [9.17, 15) is 0 Å². The molecule has 0 saturated heterocycles. The average molecular weight is 229 g/mol. The molecule has 0 aromatic heterocycles. The zero-order valence-corrected chi connectivity index (χ0v) is 11.1. The van der Waals surface area contributed by atoms with Gasteiger partial charge in [0.1, 0.15) is 0 Å². The second-order valence-electron chi connectivity index (χ2n) is 4.21. The van der Waals surface area contributed by atoms with Crippen molar-refractivity contribution < 1.29 is 9.47 Å². The summed E-state index contributed by atoms with van der Waals surface area (Å²) < 4.78 is 10.4. The quantitative estimate of drug-likeness (QED) is 0.436. The van der Waals surface area contributed by atoms with Crippen molar-refractivity contribution in [3.63, 3.8) is 0 Å². The highest BCUT2D eigenvalue weighted by Crippen LogP contribution is 2.06. The summed E-state index contributed by atoms with van der Waals surface area (Å²) in [6.07, 6.45) is 3.24. The molecule has 0 radical (unpaired) electrons. The van der Waals surface area contributed by atoms with E-state index in [1.54, 1.807) is 7.11 Å². The Morgan fingerprint density at radius 1 is 1.31 bits per heavy atom. The molecule has 1 atom stereocenters. The van der Waals surface area contributed by atoms with Crippen LogP contribution in [0.4, 0.5) is 0 Å². The minimum Gasteiger partial charge on any atom is -0.382 e. The van der Waals surface area contributed by atoms with Crippen LogP contribution in [-0.4, -0.2) is 39.5 Å². The molecule has 0 aromatic carbocycles. The number of ether oxygens (including phenoxy) is 2. The summed E-state index contributed by atoms with van der Waals surface area (Å²) in [4.78, 5) is 0. The molecular weight excluding hydrogens is 202 g/mol. The molecule has 0 saturated carbocycles. The first-order valence-corrected chi connectivity index (χ1v) is 6.15. The van der Waals surface area contributed by atoms with Crippen LogP contribution in [0.3, 0.4) is 0 Å². The zero-order chi connectivity index (χ0) is 12.2. The van der Waals surface area contributed by atoms with Crippen LogP contribution >= 0.6 is 0 Å². The predicted molar refractivity (Wildman–Crippen MR) is 68.8 cm³/mol. The standard InChI is InChI=1S/C13H27NO2/c1-5-7-14-13(11-12(2)3)6-8-16-10-9-15-4/h13-14H,2,5-11H2,1,3-4H3. The highest BCUT2D eigenvalue weighted by atomic mass is 16.5. The fraction of sp³-hybridized carbons (Fsp3) is 0.846. The number of rotatable bonds is 11. The largest absolute Gasteiger partial charge is 0.382 e. The lowest BCUT2D eigenvalue weighted by Gasteiger charge is -2.18. The van der Waals surface area contributed by atoms with E-state index in [1.807, 2.05) is 0 Å². The molecule has 0 fully saturated rings. The maximum absolute atomic E-state index is 5.47. The zero-order valence-electron chi connectivity index (χ0n) is 11.1. The van der Waals surface area contributed by atoms with Gasteiger partial charge in [-0.25, -0.2) is 0 Å². The van der Waals surface area contributed by atoms with E-state index in [0.717, 1.165) is 32.4 Å². The van der Waals surface area contributed by atoms with Crippen LogP contribution in [0.5, 0.6) is 0 Å². The normalized spacial score (nSPS) is 12.7. The Labute approximate surface area is 100 Å². The Hall–Kier alpha value is -0.380. The molecule has 16 heavy (non-hydrogen) atoms. The lowest BCUT2D eigenvalue weighted by atomic mass is 10.1. The van der Waals surface area contributed by atoms with E-state index in [-0.39, 0.29) is 0 Å². The summed E-state index contributed by atoms with van der Waals surface area (Å²) in [6.45, 7) is 11.4. The molecule has 0 aliphatic carbocycles. The topological polar surface area (TPSA) is 30.5 Å². The van der Waals surface area contributed by atoms with E-state index < -0.39 is 0 Å². The maximum Gasteiger partial charge on any atom is 0.0700 e. The molecule has 0 aromatic rings. The molecule has 3 nitrogen and oxygen atoms in total. The van der Waals surface area contributed by atoms with Gasteiger partial charge in [-0.1, -0.05) is 12.5 Å². The predicted octanol–water partition coefficient (Wildman–Crippen LogP) is 2.37. The second-order valence-corrected chi connectivity index (χ2v) is 4.21. The monoisotopic (exact) mass is 229 g/mol. The van der Waals surface area contributed by atoms with Crippen LogP contribution in [0.1, 0.15) is 33.1 Å². The number of hydrogen-bond acceptors (Lipinski definition) is 3. The van der Waals surface area contributed by atoms with Crippen molar-refractivity contribution in [3.8, 4) is 0 Å². The van der Waals surface area contributed by atoms with Crippen molar-refractivity contribution in [1.29, 1.82) is 0 Å². The molecule has 96 valence electrons. The highest BCUT2D eigenvalue weighted by molar-refractivity contribution is 4.92. The van der Waals surface area contributed by atoms with E-state index in [2.05, 4.69) is 25.7 Å². The molecule has 1 unspecified atom stereocenters. The molecule has 0 amide bonds. The minimum absolute atomic E-state index is 0.500. The van der Waals surface area contributed by atoms with Crippen LogP contribution < -0.4 is 5.32 Å². The van der Waals surface area contributed by atoms with Crippen LogP contribution in [0, 0.1) is 0 Å². The summed E-state index contributed by atoms with van der Waals surface area (Å²) in [7, 11) is 1.69. The highest BCUT2D eigenvalue weighted by Gasteiger charge is 2.07. The van der Waals surface area contributed by atoms with Gasteiger partial charge in [-0.15, -0.1) is 6.58 Å². The first kappa shape index (κ1) is 15.6. The molecule has 0 heterocycles. The Bertz CT molecular complexity index is 171. The van der Waals surface area contributed by atoms with Gasteiger partial charge in [0.25, 0.3) is 0 Å². The molecule has 0 aliphatic heterocycles. The van der Waals surface area contributed by atoms with Gasteiger partial charge in [-0.3, -0.25) is 0 Å². The molecule has 0 bridgehead atoms. The Kier molecular flexibility index (Phi) is 10.9. The van der Waals surface area contributed by atoms with Crippen LogP contribution in [0.25, 0.3) is 0 Å². The minimum atomic E-state index is 0.500. The molecule has 0 rings (SSSR count). The summed E-state index contributed by atoms with van der Waals surface area (Å²) in [5, 5.41) is 3.52. The van der Waals surface area contributed by atoms with Crippen molar-refractivity contribution in [3.05, 3.63) is 12.2 Å². The fourth-order valence-corrected chi connectivity index (χ4v) is 1.52. The third kappa shape index (κ3) is 10.1. The van der Waals surface area contributed by atoms with Crippen molar-refractivity contribution in [2.75, 3.05) is 33.5 Å². The van der Waals surface area contributed by atoms with Gasteiger partial charge in [0, 0.05) is 19.8 Å². The molecule has 3 heteroatoms. The van der Waals surface area contributed by atoms with Crippen molar-refractivity contribution >= 4 is 0 Å². The Balaban J connectivity index is 3.60. The number of hydrogen-bond donors (Lipinski definition) is 1. The van der Waals surface area contributed by atoms with Gasteiger partial charge in [0.05, 0.1) is 13.2 Å². The molecule has 0 spiro atoms. The van der Waals surface area contributed by atoms with E-state index in [1.165, 1.54) is 5.57 Å². The average Bonchev–Trinajstić information content (AvgIpc) is 2.24. The summed E-state index contributed by atoms with van der Waals surface area (Å²) in [5.41, 5.74) is 1.23. The number of nitrogens with one attached hydrogen (secondary N) is 1. The van der Waals surface area contributed by atoms with Crippen LogP contribution in [-0.2, 0) is 9.47 Å². The van der Waals surface area contributed by atoms with Gasteiger partial charge in [0.15, 0.2) is 0 Å². The van der Waals surface area contributed by atoms with E-state index >= 15 is 0 Å². The van der Waals surface area contributed by atoms with Crippen molar-refractivity contribution in [2.24, 2.45) is 0 Å². The first-order valence-electron chi connectivity index (χ1n) is 6.15. The lowest BCUT2D eigenvalue weighted by molar-refractivity contribution is 0.0658. The summed E-state index contributed by atoms with van der Waals surface area (Å²) >= 11 is 0. The van der Waals surface area contributed by atoms with Gasteiger partial charge in [0.2, 0.25) is 0 Å². The van der Waals surface area contributed by atoms with Crippen LogP contribution in [0.15, 0.2) is 12.2 Å². The molecular formula is C13H27NO2. The summed E-state index contributed by atoms with van der Waals surface area (Å²) in [6, 6.07) is 0.500. The fourth-order valence-electron chi connectivity index (χ4n) is 1.52. The third-order valence-corrected chi connectivity index (χ3v) is 2.32. The third-order valence-electron chi connectivity index (χ3n) is 2.32. The Morgan fingerprint density at radius 2 is 2.06 bits per heavy atom. The first-order chi connectivity index (χ1) is 7.70. The van der Waals surface area contributed by atoms with Gasteiger partial charge < -0.3 is 14.8 Å². The van der Waals surface area contributed by atoms with Gasteiger partial charge in [-0.2, -0.15) is 0 Å². The van der Waals surface area contributed by atoms with E-state index in [0.29, 0.717) is 19.3 Å². The SMILES string of the molecule is C=C(C)CC(CCOCCOC)NCCC. The second kappa shape index (κ2) is 11.1.